The van der Waals surface area contributed by atoms with Crippen molar-refractivity contribution in [3.05, 3.63) is 46.9 Å². The Balaban J connectivity index is 1.13. The Labute approximate surface area is 187 Å². The van der Waals surface area contributed by atoms with Gasteiger partial charge in [0.05, 0.1) is 11.1 Å². The van der Waals surface area contributed by atoms with Crippen LogP contribution >= 0.6 is 0 Å². The van der Waals surface area contributed by atoms with Crippen molar-refractivity contribution in [3.8, 4) is 0 Å². The van der Waals surface area contributed by atoms with Gasteiger partial charge < -0.3 is 14.6 Å². The Bertz CT molecular complexity index is 1030. The molecule has 2 aliphatic heterocycles. The van der Waals surface area contributed by atoms with Crippen molar-refractivity contribution in [1.29, 1.82) is 0 Å². The summed E-state index contributed by atoms with van der Waals surface area (Å²) in [6.45, 7) is 6.20. The molecule has 0 saturated carbocycles. The third kappa shape index (κ3) is 5.06. The van der Waals surface area contributed by atoms with Crippen molar-refractivity contribution in [3.63, 3.8) is 0 Å². The molecule has 1 atom stereocenters. The molecule has 4 heterocycles. The molecule has 0 aromatic carbocycles. The minimum atomic E-state index is -0.448. The quantitative estimate of drug-likeness (QED) is 0.635. The molecule has 1 N–H and O–H groups in total. The van der Waals surface area contributed by atoms with Crippen LogP contribution in [-0.2, 0) is 4.79 Å². The van der Waals surface area contributed by atoms with Gasteiger partial charge in [0, 0.05) is 37.2 Å². The predicted octanol–water partition coefficient (Wildman–Crippen LogP) is 1.81. The lowest BCUT2D eigenvalue weighted by molar-refractivity contribution is -0.121. The van der Waals surface area contributed by atoms with Crippen LogP contribution in [0.2, 0.25) is 0 Å². The van der Waals surface area contributed by atoms with E-state index >= 15 is 0 Å². The van der Waals surface area contributed by atoms with Gasteiger partial charge in [-0.1, -0.05) is 26.7 Å². The van der Waals surface area contributed by atoms with E-state index in [4.69, 9.17) is 4.42 Å². The van der Waals surface area contributed by atoms with E-state index in [1.165, 1.54) is 6.39 Å². The SMILES string of the molecule is CC(C)c1ncoc1C(=O)N1CCC(CCCCNC(=O)C2C=c3cnccc3=N2)CC1. The Hall–Kier alpha value is -3.03. The van der Waals surface area contributed by atoms with Crippen LogP contribution in [0.25, 0.3) is 6.08 Å². The topological polar surface area (TPSA) is 101 Å². The summed E-state index contributed by atoms with van der Waals surface area (Å²) in [6.07, 6.45) is 11.8. The zero-order valence-corrected chi connectivity index (χ0v) is 18.8. The average molecular weight is 438 g/mol. The smallest absolute Gasteiger partial charge is 0.291 e. The van der Waals surface area contributed by atoms with Crippen molar-refractivity contribution < 1.29 is 14.0 Å². The third-order valence-electron chi connectivity index (χ3n) is 6.29. The summed E-state index contributed by atoms with van der Waals surface area (Å²) in [5.74, 6) is 1.08. The van der Waals surface area contributed by atoms with Crippen molar-refractivity contribution in [2.75, 3.05) is 19.6 Å². The molecule has 32 heavy (non-hydrogen) atoms. The fourth-order valence-corrected chi connectivity index (χ4v) is 4.41. The Morgan fingerprint density at radius 2 is 2.06 bits per heavy atom. The Kier molecular flexibility index (Phi) is 6.97. The molecule has 2 aliphatic rings. The van der Waals surface area contributed by atoms with Gasteiger partial charge in [-0.05, 0) is 43.2 Å². The summed E-state index contributed by atoms with van der Waals surface area (Å²) in [5, 5.41) is 4.74. The van der Waals surface area contributed by atoms with E-state index in [9.17, 15) is 9.59 Å². The molecule has 0 spiro atoms. The van der Waals surface area contributed by atoms with Gasteiger partial charge in [0.25, 0.3) is 5.91 Å². The molecular weight excluding hydrogens is 406 g/mol. The summed E-state index contributed by atoms with van der Waals surface area (Å²) in [7, 11) is 0. The van der Waals surface area contributed by atoms with Gasteiger partial charge in [0.1, 0.15) is 6.04 Å². The number of likely N-dealkylation sites (tertiary alicyclic amines) is 1. The number of carbonyl (C=O) groups excluding carboxylic acids is 2. The standard InChI is InChI=1S/C24H31N5O3/c1-16(2)21-22(32-15-27-21)24(31)29-11-7-17(8-12-29)5-3-4-9-26-23(30)20-13-18-14-25-10-6-19(18)28-20/h6,10,13-17,20H,3-5,7-9,11-12H2,1-2H3,(H,26,30). The molecule has 1 saturated heterocycles. The fraction of sp³-hybridized carbons (Fsp3) is 0.542. The van der Waals surface area contributed by atoms with Crippen LogP contribution in [0.1, 0.15) is 68.1 Å². The number of fused-ring (bicyclic) bond motifs is 1. The highest BCUT2D eigenvalue weighted by Crippen LogP contribution is 2.25. The zero-order valence-electron chi connectivity index (χ0n) is 18.8. The minimum Gasteiger partial charge on any atom is -0.438 e. The van der Waals surface area contributed by atoms with Crippen LogP contribution in [0.15, 0.2) is 34.3 Å². The summed E-state index contributed by atoms with van der Waals surface area (Å²) in [5.41, 5.74) is 0.739. The fourth-order valence-electron chi connectivity index (χ4n) is 4.41. The number of hydrogen-bond acceptors (Lipinski definition) is 6. The van der Waals surface area contributed by atoms with E-state index in [2.05, 4.69) is 20.3 Å². The lowest BCUT2D eigenvalue weighted by Gasteiger charge is -2.31. The van der Waals surface area contributed by atoms with E-state index in [0.29, 0.717) is 18.2 Å². The number of carbonyl (C=O) groups is 2. The number of oxazole rings is 1. The first-order valence-corrected chi connectivity index (χ1v) is 11.5. The number of pyridine rings is 1. The van der Waals surface area contributed by atoms with Gasteiger partial charge in [-0.3, -0.25) is 19.6 Å². The minimum absolute atomic E-state index is 0.0422. The predicted molar refractivity (Wildman–Crippen MR) is 119 cm³/mol. The molecule has 2 aromatic rings. The highest BCUT2D eigenvalue weighted by molar-refractivity contribution is 5.92. The van der Waals surface area contributed by atoms with Crippen molar-refractivity contribution in [2.45, 2.75) is 57.9 Å². The van der Waals surface area contributed by atoms with Gasteiger partial charge >= 0.3 is 0 Å². The largest absolute Gasteiger partial charge is 0.438 e. The molecule has 4 rings (SSSR count). The van der Waals surface area contributed by atoms with E-state index < -0.39 is 6.04 Å². The van der Waals surface area contributed by atoms with Gasteiger partial charge in [-0.15, -0.1) is 0 Å². The van der Waals surface area contributed by atoms with E-state index in [1.54, 1.807) is 12.4 Å². The van der Waals surface area contributed by atoms with Crippen LogP contribution < -0.4 is 15.9 Å². The highest BCUT2D eigenvalue weighted by atomic mass is 16.3. The highest BCUT2D eigenvalue weighted by Gasteiger charge is 2.28. The molecule has 0 bridgehead atoms. The number of piperidine rings is 1. The van der Waals surface area contributed by atoms with E-state index in [0.717, 1.165) is 61.5 Å². The lowest BCUT2D eigenvalue weighted by Crippen LogP contribution is -2.38. The molecule has 1 fully saturated rings. The first kappa shape index (κ1) is 22.2. The Morgan fingerprint density at radius 3 is 2.81 bits per heavy atom. The maximum Gasteiger partial charge on any atom is 0.291 e. The lowest BCUT2D eigenvalue weighted by atomic mass is 9.91. The van der Waals surface area contributed by atoms with Gasteiger partial charge in [-0.2, -0.15) is 0 Å². The third-order valence-corrected chi connectivity index (χ3v) is 6.29. The molecule has 2 amide bonds. The number of aromatic nitrogens is 2. The number of nitrogens with one attached hydrogen (secondary N) is 1. The molecule has 2 aromatic heterocycles. The van der Waals surface area contributed by atoms with E-state index in [1.807, 2.05) is 30.9 Å². The number of nitrogens with zero attached hydrogens (tertiary/aromatic N) is 4. The zero-order chi connectivity index (χ0) is 22.5. The van der Waals surface area contributed by atoms with Crippen LogP contribution in [0.3, 0.4) is 0 Å². The second kappa shape index (κ2) is 10.1. The molecule has 1 unspecified atom stereocenters. The molecule has 0 radical (unpaired) electrons. The summed E-state index contributed by atoms with van der Waals surface area (Å²) in [4.78, 5) is 39.7. The number of amides is 2. The monoisotopic (exact) mass is 437 g/mol. The first-order chi connectivity index (χ1) is 15.5. The van der Waals surface area contributed by atoms with Crippen LogP contribution in [0.5, 0.6) is 0 Å². The Morgan fingerprint density at radius 1 is 1.25 bits per heavy atom. The van der Waals surface area contributed by atoms with Gasteiger partial charge in [0.15, 0.2) is 6.39 Å². The summed E-state index contributed by atoms with van der Waals surface area (Å²) < 4.78 is 5.39. The maximum atomic E-state index is 12.8. The second-order valence-corrected chi connectivity index (χ2v) is 8.92. The molecule has 170 valence electrons. The summed E-state index contributed by atoms with van der Waals surface area (Å²) >= 11 is 0. The summed E-state index contributed by atoms with van der Waals surface area (Å²) in [6, 6.07) is 1.38. The van der Waals surface area contributed by atoms with Crippen molar-refractivity contribution >= 4 is 17.9 Å². The number of hydrogen-bond donors (Lipinski definition) is 1. The molecular formula is C24H31N5O3. The number of unbranched alkanes of at least 4 members (excludes halogenated alkanes) is 1. The molecule has 0 aliphatic carbocycles. The van der Waals surface area contributed by atoms with Crippen molar-refractivity contribution in [2.24, 2.45) is 10.9 Å². The molecule has 8 heteroatoms. The van der Waals surface area contributed by atoms with Crippen LogP contribution in [0, 0.1) is 5.92 Å². The second-order valence-electron chi connectivity index (χ2n) is 8.92. The normalized spacial score (nSPS) is 18.2. The molecule has 8 nitrogen and oxygen atoms in total. The maximum absolute atomic E-state index is 12.8. The van der Waals surface area contributed by atoms with Crippen LogP contribution in [-0.4, -0.2) is 52.4 Å². The van der Waals surface area contributed by atoms with Gasteiger partial charge in [0.2, 0.25) is 11.7 Å². The van der Waals surface area contributed by atoms with Crippen LogP contribution in [0.4, 0.5) is 0 Å². The van der Waals surface area contributed by atoms with Crippen molar-refractivity contribution in [1.82, 2.24) is 20.2 Å². The number of rotatable bonds is 8. The average Bonchev–Trinajstić information content (AvgIpc) is 3.46. The first-order valence-electron chi connectivity index (χ1n) is 11.5. The van der Waals surface area contributed by atoms with Gasteiger partial charge in [-0.25, -0.2) is 4.98 Å². The van der Waals surface area contributed by atoms with E-state index in [-0.39, 0.29) is 17.7 Å².